The fourth-order valence-corrected chi connectivity index (χ4v) is 4.15. The average molecular weight is 413 g/mol. The van der Waals surface area contributed by atoms with Gasteiger partial charge in [-0.2, -0.15) is 0 Å². The molecule has 4 rings (SSSR count). The van der Waals surface area contributed by atoms with Gasteiger partial charge in [0, 0.05) is 44.0 Å². The SMILES string of the molecule is O=C(NC1CC1)C(=O)N1CCN(C(=O)Cc2csc(Cc3ccccc3)n2)CC1. The van der Waals surface area contributed by atoms with Crippen molar-refractivity contribution >= 4 is 29.1 Å². The van der Waals surface area contributed by atoms with Crippen molar-refractivity contribution in [2.45, 2.75) is 31.7 Å². The van der Waals surface area contributed by atoms with E-state index in [1.807, 2.05) is 23.6 Å². The highest BCUT2D eigenvalue weighted by Gasteiger charge is 2.31. The maximum atomic E-state index is 12.6. The van der Waals surface area contributed by atoms with E-state index < -0.39 is 11.8 Å². The van der Waals surface area contributed by atoms with Gasteiger partial charge in [0.25, 0.3) is 0 Å². The monoisotopic (exact) mass is 412 g/mol. The lowest BCUT2D eigenvalue weighted by atomic mass is 10.2. The zero-order valence-electron chi connectivity index (χ0n) is 16.2. The van der Waals surface area contributed by atoms with Crippen LogP contribution in [0.2, 0.25) is 0 Å². The zero-order chi connectivity index (χ0) is 20.2. The number of carbonyl (C=O) groups excluding carboxylic acids is 3. The first kappa shape index (κ1) is 19.6. The molecule has 1 aromatic heterocycles. The van der Waals surface area contributed by atoms with Crippen molar-refractivity contribution in [1.29, 1.82) is 0 Å². The maximum absolute atomic E-state index is 12.6. The highest BCUT2D eigenvalue weighted by Crippen LogP contribution is 2.19. The standard InChI is InChI=1S/C21H24N4O3S/c26-19(13-17-14-29-18(22-17)12-15-4-2-1-3-5-15)24-8-10-25(11-9-24)21(28)20(27)23-16-6-7-16/h1-5,14,16H,6-13H2,(H,23,27). The summed E-state index contributed by atoms with van der Waals surface area (Å²) in [6.45, 7) is 1.67. The van der Waals surface area contributed by atoms with Crippen LogP contribution in [0.1, 0.15) is 29.1 Å². The lowest BCUT2D eigenvalue weighted by molar-refractivity contribution is -0.148. The van der Waals surface area contributed by atoms with Crippen LogP contribution in [0.25, 0.3) is 0 Å². The molecule has 1 N–H and O–H groups in total. The molecule has 1 aliphatic heterocycles. The van der Waals surface area contributed by atoms with E-state index in [0.29, 0.717) is 26.2 Å². The topological polar surface area (TPSA) is 82.6 Å². The highest BCUT2D eigenvalue weighted by molar-refractivity contribution is 7.09. The summed E-state index contributed by atoms with van der Waals surface area (Å²) in [5.74, 6) is -1.01. The minimum atomic E-state index is -0.527. The van der Waals surface area contributed by atoms with Crippen LogP contribution in [-0.4, -0.2) is 64.7 Å². The number of amides is 3. The predicted molar refractivity (Wildman–Crippen MR) is 109 cm³/mol. The third-order valence-electron chi connectivity index (χ3n) is 5.16. The summed E-state index contributed by atoms with van der Waals surface area (Å²) in [4.78, 5) is 44.6. The second-order valence-electron chi connectivity index (χ2n) is 7.49. The molecule has 8 heteroatoms. The smallest absolute Gasteiger partial charge is 0.312 e. The van der Waals surface area contributed by atoms with Crippen molar-refractivity contribution in [1.82, 2.24) is 20.1 Å². The Bertz CT molecular complexity index is 886. The van der Waals surface area contributed by atoms with E-state index in [9.17, 15) is 14.4 Å². The highest BCUT2D eigenvalue weighted by atomic mass is 32.1. The minimum absolute atomic E-state index is 0.0103. The molecular formula is C21H24N4O3S. The van der Waals surface area contributed by atoms with E-state index in [1.54, 1.807) is 16.2 Å². The molecule has 3 amide bonds. The van der Waals surface area contributed by atoms with Crippen LogP contribution in [0.5, 0.6) is 0 Å². The molecule has 1 aromatic carbocycles. The molecule has 7 nitrogen and oxygen atoms in total. The number of aromatic nitrogens is 1. The molecule has 0 spiro atoms. The van der Waals surface area contributed by atoms with Gasteiger partial charge in [-0.15, -0.1) is 11.3 Å². The minimum Gasteiger partial charge on any atom is -0.345 e. The molecule has 152 valence electrons. The Morgan fingerprint density at radius 3 is 2.41 bits per heavy atom. The van der Waals surface area contributed by atoms with Crippen molar-refractivity contribution in [3.05, 3.63) is 52.0 Å². The quantitative estimate of drug-likeness (QED) is 0.749. The van der Waals surface area contributed by atoms with E-state index in [-0.39, 0.29) is 18.4 Å². The van der Waals surface area contributed by atoms with E-state index in [0.717, 1.165) is 30.0 Å². The second-order valence-corrected chi connectivity index (χ2v) is 8.44. The molecule has 0 bridgehead atoms. The van der Waals surface area contributed by atoms with Crippen LogP contribution >= 0.6 is 11.3 Å². The maximum Gasteiger partial charge on any atom is 0.312 e. The number of rotatable bonds is 5. The van der Waals surface area contributed by atoms with Crippen LogP contribution in [0.3, 0.4) is 0 Å². The molecule has 1 saturated carbocycles. The number of benzene rings is 1. The summed E-state index contributed by atoms with van der Waals surface area (Å²) in [5, 5.41) is 5.66. The third-order valence-corrected chi connectivity index (χ3v) is 6.05. The van der Waals surface area contributed by atoms with Gasteiger partial charge in [-0.1, -0.05) is 30.3 Å². The molecule has 2 heterocycles. The van der Waals surface area contributed by atoms with Gasteiger partial charge >= 0.3 is 11.8 Å². The van der Waals surface area contributed by atoms with Gasteiger partial charge in [0.2, 0.25) is 5.91 Å². The Kier molecular flexibility index (Phi) is 5.89. The Morgan fingerprint density at radius 2 is 1.72 bits per heavy atom. The number of carbonyl (C=O) groups is 3. The lowest BCUT2D eigenvalue weighted by Crippen LogP contribution is -2.54. The van der Waals surface area contributed by atoms with Crippen LogP contribution < -0.4 is 5.32 Å². The summed E-state index contributed by atoms with van der Waals surface area (Å²) in [5.41, 5.74) is 1.99. The van der Waals surface area contributed by atoms with Gasteiger partial charge in [-0.05, 0) is 18.4 Å². The zero-order valence-corrected chi connectivity index (χ0v) is 17.0. The first-order chi connectivity index (χ1) is 14.1. The first-order valence-electron chi connectivity index (χ1n) is 9.93. The number of thiazole rings is 1. The van der Waals surface area contributed by atoms with Gasteiger partial charge in [-0.3, -0.25) is 14.4 Å². The number of hydrogen-bond donors (Lipinski definition) is 1. The second kappa shape index (κ2) is 8.73. The molecule has 29 heavy (non-hydrogen) atoms. The largest absolute Gasteiger partial charge is 0.345 e. The molecule has 2 fully saturated rings. The summed E-state index contributed by atoms with van der Waals surface area (Å²) in [6.07, 6.45) is 2.93. The van der Waals surface area contributed by atoms with Gasteiger partial charge < -0.3 is 15.1 Å². The fourth-order valence-electron chi connectivity index (χ4n) is 3.33. The third kappa shape index (κ3) is 5.20. The van der Waals surface area contributed by atoms with Gasteiger partial charge in [-0.25, -0.2) is 4.98 Å². The molecule has 2 aromatic rings. The fraction of sp³-hybridized carbons (Fsp3) is 0.429. The Morgan fingerprint density at radius 1 is 1.03 bits per heavy atom. The molecule has 2 aliphatic rings. The van der Waals surface area contributed by atoms with E-state index >= 15 is 0 Å². The van der Waals surface area contributed by atoms with Crippen molar-refractivity contribution in [3.63, 3.8) is 0 Å². The summed E-state index contributed by atoms with van der Waals surface area (Å²) in [6, 6.07) is 10.3. The van der Waals surface area contributed by atoms with E-state index in [1.165, 1.54) is 10.5 Å². The van der Waals surface area contributed by atoms with E-state index in [2.05, 4.69) is 22.4 Å². The average Bonchev–Trinajstić information content (AvgIpc) is 3.45. The van der Waals surface area contributed by atoms with Gasteiger partial charge in [0.1, 0.15) is 0 Å². The Balaban J connectivity index is 1.24. The Labute approximate surface area is 173 Å². The lowest BCUT2D eigenvalue weighted by Gasteiger charge is -2.34. The van der Waals surface area contributed by atoms with Crippen molar-refractivity contribution < 1.29 is 14.4 Å². The predicted octanol–water partition coefficient (Wildman–Crippen LogP) is 1.23. The van der Waals surface area contributed by atoms with Gasteiger partial charge in [0.05, 0.1) is 17.1 Å². The van der Waals surface area contributed by atoms with Crippen LogP contribution in [0.15, 0.2) is 35.7 Å². The van der Waals surface area contributed by atoms with Crippen LogP contribution in [0, 0.1) is 0 Å². The molecule has 0 radical (unpaired) electrons. The molecule has 1 saturated heterocycles. The summed E-state index contributed by atoms with van der Waals surface area (Å²) < 4.78 is 0. The summed E-state index contributed by atoms with van der Waals surface area (Å²) in [7, 11) is 0. The number of piperazine rings is 1. The molecule has 0 atom stereocenters. The van der Waals surface area contributed by atoms with Crippen LogP contribution in [0.4, 0.5) is 0 Å². The van der Waals surface area contributed by atoms with Crippen molar-refractivity contribution in [2.75, 3.05) is 26.2 Å². The molecule has 0 unspecified atom stereocenters. The van der Waals surface area contributed by atoms with E-state index in [4.69, 9.17) is 0 Å². The van der Waals surface area contributed by atoms with Gasteiger partial charge in [0.15, 0.2) is 0 Å². The number of hydrogen-bond acceptors (Lipinski definition) is 5. The number of nitrogens with one attached hydrogen (secondary N) is 1. The van der Waals surface area contributed by atoms with Crippen molar-refractivity contribution in [3.8, 4) is 0 Å². The normalized spacial score (nSPS) is 16.6. The summed E-state index contributed by atoms with van der Waals surface area (Å²) >= 11 is 1.57. The van der Waals surface area contributed by atoms with Crippen LogP contribution in [-0.2, 0) is 27.2 Å². The Hall–Kier alpha value is -2.74. The molecule has 1 aliphatic carbocycles. The van der Waals surface area contributed by atoms with Crippen molar-refractivity contribution in [2.24, 2.45) is 0 Å². The first-order valence-corrected chi connectivity index (χ1v) is 10.8. The number of nitrogens with zero attached hydrogens (tertiary/aromatic N) is 3. The molecular weight excluding hydrogens is 388 g/mol.